The Hall–Kier alpha value is -2.19. The molecular weight excluding hydrogens is 263 g/mol. The van der Waals surface area contributed by atoms with Crippen LogP contribution in [0.25, 0.3) is 11.6 Å². The van der Waals surface area contributed by atoms with Crippen LogP contribution in [0.2, 0.25) is 0 Å². The lowest BCUT2D eigenvalue weighted by atomic mass is 10.1. The van der Waals surface area contributed by atoms with Gasteiger partial charge < -0.3 is 4.74 Å². The highest BCUT2D eigenvalue weighted by molar-refractivity contribution is 7.11. The molecule has 0 saturated carbocycles. The Morgan fingerprint density at radius 1 is 1.53 bits per heavy atom. The fourth-order valence-electron chi connectivity index (χ4n) is 1.56. The number of aryl methyl sites for hydroxylation is 1. The molecule has 0 aliphatic rings. The summed E-state index contributed by atoms with van der Waals surface area (Å²) in [6.45, 7) is 1.86. The molecule has 0 spiro atoms. The third-order valence-corrected chi connectivity index (χ3v) is 3.45. The van der Waals surface area contributed by atoms with E-state index in [1.165, 1.54) is 30.6 Å². The summed E-state index contributed by atoms with van der Waals surface area (Å²) in [6, 6.07) is 6.64. The van der Waals surface area contributed by atoms with E-state index < -0.39 is 5.82 Å². The van der Waals surface area contributed by atoms with Crippen LogP contribution in [-0.4, -0.2) is 12.1 Å². The number of allylic oxidation sites excluding steroid dienone is 1. The standard InChI is InChI=1S/C14H11FN2OS/c1-9-8-19-14(17-9)11(7-16)5-10-3-4-13(18-2)12(15)6-10/h3-6,8H,1-2H3/b11-5+. The van der Waals surface area contributed by atoms with E-state index in [0.29, 0.717) is 16.1 Å². The molecular formula is C14H11FN2OS. The van der Waals surface area contributed by atoms with Gasteiger partial charge in [0, 0.05) is 11.1 Å². The van der Waals surface area contributed by atoms with Crippen LogP contribution in [0.4, 0.5) is 4.39 Å². The van der Waals surface area contributed by atoms with Gasteiger partial charge >= 0.3 is 0 Å². The average Bonchev–Trinajstić information content (AvgIpc) is 2.82. The zero-order valence-electron chi connectivity index (χ0n) is 10.5. The third kappa shape index (κ3) is 2.98. The first-order valence-electron chi connectivity index (χ1n) is 5.52. The van der Waals surface area contributed by atoms with Gasteiger partial charge in [-0.2, -0.15) is 5.26 Å². The van der Waals surface area contributed by atoms with Gasteiger partial charge in [0.2, 0.25) is 0 Å². The third-order valence-electron chi connectivity index (χ3n) is 2.46. The summed E-state index contributed by atoms with van der Waals surface area (Å²) in [7, 11) is 1.41. The van der Waals surface area contributed by atoms with E-state index in [0.717, 1.165) is 5.69 Å². The summed E-state index contributed by atoms with van der Waals surface area (Å²) in [5.74, 6) is -0.274. The van der Waals surface area contributed by atoms with Crippen LogP contribution in [0.5, 0.6) is 5.75 Å². The van der Waals surface area contributed by atoms with Gasteiger partial charge in [-0.15, -0.1) is 11.3 Å². The molecule has 1 heterocycles. The van der Waals surface area contributed by atoms with Crippen molar-refractivity contribution >= 4 is 23.0 Å². The van der Waals surface area contributed by atoms with Crippen molar-refractivity contribution in [3.8, 4) is 11.8 Å². The van der Waals surface area contributed by atoms with Crippen LogP contribution in [0.1, 0.15) is 16.3 Å². The van der Waals surface area contributed by atoms with Crippen molar-refractivity contribution in [2.24, 2.45) is 0 Å². The predicted octanol–water partition coefficient (Wildman–Crippen LogP) is 3.66. The SMILES string of the molecule is COc1ccc(/C=C(\C#N)c2nc(C)cs2)cc1F. The largest absolute Gasteiger partial charge is 0.494 e. The van der Waals surface area contributed by atoms with Gasteiger partial charge in [-0.05, 0) is 30.7 Å². The van der Waals surface area contributed by atoms with Crippen LogP contribution in [0.15, 0.2) is 23.6 Å². The number of benzene rings is 1. The van der Waals surface area contributed by atoms with Crippen LogP contribution in [0.3, 0.4) is 0 Å². The van der Waals surface area contributed by atoms with Crippen molar-refractivity contribution in [2.75, 3.05) is 7.11 Å². The zero-order valence-corrected chi connectivity index (χ0v) is 11.3. The van der Waals surface area contributed by atoms with Gasteiger partial charge in [0.15, 0.2) is 11.6 Å². The number of methoxy groups -OCH3 is 1. The fraction of sp³-hybridized carbons (Fsp3) is 0.143. The molecule has 0 aliphatic carbocycles. The summed E-state index contributed by atoms with van der Waals surface area (Å²) in [4.78, 5) is 4.24. The molecule has 19 heavy (non-hydrogen) atoms. The quantitative estimate of drug-likeness (QED) is 0.802. The molecule has 0 aliphatic heterocycles. The molecule has 1 aromatic heterocycles. The zero-order chi connectivity index (χ0) is 13.8. The second-order valence-corrected chi connectivity index (χ2v) is 4.72. The lowest BCUT2D eigenvalue weighted by Crippen LogP contribution is -1.88. The maximum atomic E-state index is 13.6. The minimum absolute atomic E-state index is 0.181. The second-order valence-electron chi connectivity index (χ2n) is 3.86. The second kappa shape index (κ2) is 5.63. The number of hydrogen-bond donors (Lipinski definition) is 0. The lowest BCUT2D eigenvalue weighted by molar-refractivity contribution is 0.386. The van der Waals surface area contributed by atoms with E-state index in [2.05, 4.69) is 11.1 Å². The summed E-state index contributed by atoms with van der Waals surface area (Å²) in [5, 5.41) is 11.7. The molecule has 5 heteroatoms. The van der Waals surface area contributed by atoms with Crippen LogP contribution in [-0.2, 0) is 0 Å². The fourth-order valence-corrected chi connectivity index (χ4v) is 2.32. The molecule has 0 N–H and O–H groups in total. The minimum atomic E-state index is -0.455. The highest BCUT2D eigenvalue weighted by Gasteiger charge is 2.07. The number of nitriles is 1. The number of rotatable bonds is 3. The van der Waals surface area contributed by atoms with Crippen molar-refractivity contribution in [3.63, 3.8) is 0 Å². The normalized spacial score (nSPS) is 11.2. The number of thiazole rings is 1. The van der Waals surface area contributed by atoms with Crippen molar-refractivity contribution in [1.29, 1.82) is 5.26 Å². The van der Waals surface area contributed by atoms with Crippen molar-refractivity contribution in [2.45, 2.75) is 6.92 Å². The summed E-state index contributed by atoms with van der Waals surface area (Å²) in [6.07, 6.45) is 1.61. The number of hydrogen-bond acceptors (Lipinski definition) is 4. The van der Waals surface area contributed by atoms with E-state index in [1.807, 2.05) is 12.3 Å². The Balaban J connectivity index is 2.39. The summed E-state index contributed by atoms with van der Waals surface area (Å²) in [5.41, 5.74) is 1.88. The lowest BCUT2D eigenvalue weighted by Gasteiger charge is -2.02. The van der Waals surface area contributed by atoms with E-state index in [-0.39, 0.29) is 5.75 Å². The van der Waals surface area contributed by atoms with Crippen LogP contribution < -0.4 is 4.74 Å². The smallest absolute Gasteiger partial charge is 0.165 e. The first-order valence-corrected chi connectivity index (χ1v) is 6.40. The van der Waals surface area contributed by atoms with Gasteiger partial charge in [-0.3, -0.25) is 0 Å². The Morgan fingerprint density at radius 3 is 2.84 bits per heavy atom. The monoisotopic (exact) mass is 274 g/mol. The molecule has 0 saturated heterocycles. The number of aromatic nitrogens is 1. The molecule has 2 aromatic rings. The van der Waals surface area contributed by atoms with Gasteiger partial charge in [-0.1, -0.05) is 6.07 Å². The Bertz CT molecular complexity index is 670. The Labute approximate surface area is 114 Å². The Morgan fingerprint density at radius 2 is 2.32 bits per heavy atom. The van der Waals surface area contributed by atoms with Crippen molar-refractivity contribution in [3.05, 3.63) is 45.7 Å². The van der Waals surface area contributed by atoms with E-state index in [4.69, 9.17) is 10.00 Å². The molecule has 0 atom stereocenters. The highest BCUT2D eigenvalue weighted by atomic mass is 32.1. The molecule has 96 valence electrons. The van der Waals surface area contributed by atoms with E-state index in [9.17, 15) is 4.39 Å². The molecule has 3 nitrogen and oxygen atoms in total. The number of nitrogens with zero attached hydrogens (tertiary/aromatic N) is 2. The topological polar surface area (TPSA) is 45.9 Å². The van der Waals surface area contributed by atoms with Gasteiger partial charge in [0.25, 0.3) is 0 Å². The predicted molar refractivity (Wildman–Crippen MR) is 73.3 cm³/mol. The molecule has 0 amide bonds. The van der Waals surface area contributed by atoms with Crippen LogP contribution >= 0.6 is 11.3 Å². The maximum Gasteiger partial charge on any atom is 0.165 e. The summed E-state index contributed by atoms with van der Waals surface area (Å²) >= 11 is 1.39. The highest BCUT2D eigenvalue weighted by Crippen LogP contribution is 2.24. The molecule has 0 bridgehead atoms. The maximum absolute atomic E-state index is 13.6. The molecule has 2 rings (SSSR count). The average molecular weight is 274 g/mol. The van der Waals surface area contributed by atoms with Gasteiger partial charge in [-0.25, -0.2) is 9.37 Å². The van der Waals surface area contributed by atoms with Gasteiger partial charge in [0.1, 0.15) is 11.1 Å². The number of halogens is 1. The Kier molecular flexibility index (Phi) is 3.93. The minimum Gasteiger partial charge on any atom is -0.494 e. The molecule has 0 unspecified atom stereocenters. The first-order chi connectivity index (χ1) is 9.13. The number of ether oxygens (including phenoxy) is 1. The molecule has 1 aromatic carbocycles. The van der Waals surface area contributed by atoms with Gasteiger partial charge in [0.05, 0.1) is 12.7 Å². The van der Waals surface area contributed by atoms with Crippen LogP contribution in [0, 0.1) is 24.1 Å². The molecule has 0 fully saturated rings. The van der Waals surface area contributed by atoms with Crippen molar-refractivity contribution < 1.29 is 9.13 Å². The molecule has 0 radical (unpaired) electrons. The summed E-state index contributed by atoms with van der Waals surface area (Å²) < 4.78 is 18.4. The van der Waals surface area contributed by atoms with E-state index in [1.54, 1.807) is 12.1 Å². The first kappa shape index (κ1) is 13.2. The van der Waals surface area contributed by atoms with E-state index >= 15 is 0 Å². The van der Waals surface area contributed by atoms with Crippen molar-refractivity contribution in [1.82, 2.24) is 4.98 Å².